The van der Waals surface area contributed by atoms with Gasteiger partial charge in [-0.1, -0.05) is 35.3 Å². The second-order valence-corrected chi connectivity index (χ2v) is 8.79. The average molecular weight is 427 g/mol. The molecule has 0 aliphatic carbocycles. The number of benzene rings is 3. The first-order valence-electron chi connectivity index (χ1n) is 9.38. The van der Waals surface area contributed by atoms with Crippen LogP contribution in [0, 0.1) is 0 Å². The number of rotatable bonds is 1. The van der Waals surface area contributed by atoms with Gasteiger partial charge < -0.3 is 14.4 Å². The number of fused-ring (bicyclic) bond motifs is 4. The van der Waals surface area contributed by atoms with E-state index in [1.54, 1.807) is 7.11 Å². The van der Waals surface area contributed by atoms with Crippen molar-refractivity contribution in [1.29, 1.82) is 0 Å². The third kappa shape index (κ3) is 2.30. The molecular weight excluding hydrogens is 407 g/mol. The van der Waals surface area contributed by atoms with Crippen molar-refractivity contribution in [2.75, 3.05) is 19.1 Å². The quantitative estimate of drug-likeness (QED) is 0.458. The Morgan fingerprint density at radius 1 is 1.03 bits per heavy atom. The van der Waals surface area contributed by atoms with Crippen molar-refractivity contribution in [3.63, 3.8) is 0 Å². The smallest absolute Gasteiger partial charge is 0.246 e. The summed E-state index contributed by atoms with van der Waals surface area (Å²) in [4.78, 5) is 6.92. The summed E-state index contributed by atoms with van der Waals surface area (Å²) in [7, 11) is 3.63. The number of nitrogens with zero attached hydrogens (tertiary/aromatic N) is 2. The van der Waals surface area contributed by atoms with Crippen LogP contribution in [0.25, 0.3) is 10.8 Å². The highest BCUT2D eigenvalue weighted by molar-refractivity contribution is 6.68. The van der Waals surface area contributed by atoms with Crippen molar-refractivity contribution in [3.8, 4) is 11.5 Å². The molecule has 3 aromatic rings. The minimum atomic E-state index is -0.957. The summed E-state index contributed by atoms with van der Waals surface area (Å²) in [6.45, 7) is 4.22. The van der Waals surface area contributed by atoms with E-state index in [0.717, 1.165) is 33.5 Å². The Morgan fingerprint density at radius 3 is 2.55 bits per heavy atom. The zero-order valence-electron chi connectivity index (χ0n) is 16.6. The Labute approximate surface area is 179 Å². The maximum absolute atomic E-state index is 6.91. The van der Waals surface area contributed by atoms with Crippen LogP contribution in [0.3, 0.4) is 0 Å². The molecule has 3 aromatic carbocycles. The Balaban J connectivity index is 1.74. The molecule has 5 rings (SSSR count). The van der Waals surface area contributed by atoms with Gasteiger partial charge in [-0.25, -0.2) is 4.99 Å². The molecule has 2 aliphatic heterocycles. The highest BCUT2D eigenvalue weighted by atomic mass is 35.5. The van der Waals surface area contributed by atoms with E-state index < -0.39 is 11.1 Å². The van der Waals surface area contributed by atoms with Crippen molar-refractivity contribution >= 4 is 50.5 Å². The Bertz CT molecular complexity index is 1200. The molecule has 0 fully saturated rings. The Kier molecular flexibility index (Phi) is 3.87. The summed E-state index contributed by atoms with van der Waals surface area (Å²) < 4.78 is 12.1. The van der Waals surface area contributed by atoms with Crippen LogP contribution in [0.15, 0.2) is 53.5 Å². The van der Waals surface area contributed by atoms with Gasteiger partial charge in [0.05, 0.1) is 12.5 Å². The molecule has 0 aromatic heterocycles. The Hall–Kier alpha value is -2.43. The van der Waals surface area contributed by atoms with Crippen LogP contribution in [0.4, 0.5) is 11.4 Å². The number of halogens is 2. The first-order chi connectivity index (χ1) is 13.8. The second kappa shape index (κ2) is 6.04. The van der Waals surface area contributed by atoms with Crippen LogP contribution in [-0.2, 0) is 5.41 Å². The monoisotopic (exact) mass is 426 g/mol. The number of methoxy groups -OCH3 is 1. The highest BCUT2D eigenvalue weighted by Gasteiger charge is 2.62. The molecule has 148 valence electrons. The topological polar surface area (TPSA) is 34.1 Å². The van der Waals surface area contributed by atoms with Crippen molar-refractivity contribution < 1.29 is 9.47 Å². The predicted molar refractivity (Wildman–Crippen MR) is 120 cm³/mol. The van der Waals surface area contributed by atoms with Gasteiger partial charge >= 0.3 is 0 Å². The van der Waals surface area contributed by atoms with E-state index in [0.29, 0.717) is 15.9 Å². The molecule has 0 saturated heterocycles. The van der Waals surface area contributed by atoms with Crippen LogP contribution in [0.2, 0.25) is 5.02 Å². The van der Waals surface area contributed by atoms with Crippen LogP contribution >= 0.6 is 23.2 Å². The SMILES string of the molecule is COc1ccc2ccc3c(c2c1)N=C(Cl)C1(O3)N(C)c2ccc(Cl)cc2C1(C)C. The van der Waals surface area contributed by atoms with Gasteiger partial charge in [0.1, 0.15) is 17.2 Å². The van der Waals surface area contributed by atoms with E-state index in [-0.39, 0.29) is 0 Å². The molecule has 1 spiro atoms. The fourth-order valence-corrected chi connectivity index (χ4v) is 5.29. The summed E-state index contributed by atoms with van der Waals surface area (Å²) in [5.41, 5.74) is 1.38. The van der Waals surface area contributed by atoms with Gasteiger partial charge in [-0.3, -0.25) is 0 Å². The van der Waals surface area contributed by atoms with Crippen LogP contribution in [0.5, 0.6) is 11.5 Å². The molecule has 0 N–H and O–H groups in total. The Morgan fingerprint density at radius 2 is 1.79 bits per heavy atom. The number of hydrogen-bond donors (Lipinski definition) is 0. The molecule has 2 aliphatic rings. The minimum absolute atomic E-state index is 0.389. The molecule has 4 nitrogen and oxygen atoms in total. The molecule has 1 atom stereocenters. The van der Waals surface area contributed by atoms with E-state index in [2.05, 4.69) is 18.7 Å². The fraction of sp³-hybridized carbons (Fsp3) is 0.261. The number of ether oxygens (including phenoxy) is 2. The van der Waals surface area contributed by atoms with Gasteiger partial charge in [-0.05, 0) is 61.2 Å². The van der Waals surface area contributed by atoms with Crippen LogP contribution in [-0.4, -0.2) is 25.1 Å². The molecule has 2 heterocycles. The fourth-order valence-electron chi connectivity index (χ4n) is 4.63. The maximum atomic E-state index is 6.91. The maximum Gasteiger partial charge on any atom is 0.246 e. The van der Waals surface area contributed by atoms with Gasteiger partial charge in [0, 0.05) is 23.1 Å². The zero-order valence-corrected chi connectivity index (χ0v) is 18.1. The average Bonchev–Trinajstić information content (AvgIpc) is 2.87. The third-order valence-electron chi connectivity index (χ3n) is 6.22. The third-order valence-corrected chi connectivity index (χ3v) is 6.80. The lowest BCUT2D eigenvalue weighted by molar-refractivity contribution is 0.0804. The lowest BCUT2D eigenvalue weighted by atomic mass is 9.77. The van der Waals surface area contributed by atoms with Gasteiger partial charge in [0.2, 0.25) is 5.72 Å². The van der Waals surface area contributed by atoms with Crippen molar-refractivity contribution in [1.82, 2.24) is 0 Å². The molecule has 0 radical (unpaired) electrons. The molecule has 29 heavy (non-hydrogen) atoms. The van der Waals surface area contributed by atoms with Crippen LogP contribution < -0.4 is 14.4 Å². The first kappa shape index (κ1) is 18.6. The molecule has 1 unspecified atom stereocenters. The summed E-state index contributed by atoms with van der Waals surface area (Å²) in [6, 6.07) is 15.7. The normalized spacial score (nSPS) is 21.6. The molecule has 0 amide bonds. The van der Waals surface area contributed by atoms with Gasteiger partial charge in [0.25, 0.3) is 0 Å². The zero-order chi connectivity index (χ0) is 20.6. The van der Waals surface area contributed by atoms with Gasteiger partial charge in [-0.15, -0.1) is 0 Å². The molecular formula is C23H20Cl2N2O2. The van der Waals surface area contributed by atoms with Crippen molar-refractivity contribution in [3.05, 3.63) is 59.1 Å². The summed E-state index contributed by atoms with van der Waals surface area (Å²) in [5.74, 6) is 1.45. The highest BCUT2D eigenvalue weighted by Crippen LogP contribution is 2.56. The van der Waals surface area contributed by atoms with Gasteiger partial charge in [-0.2, -0.15) is 0 Å². The lowest BCUT2D eigenvalue weighted by Crippen LogP contribution is -2.63. The first-order valence-corrected chi connectivity index (χ1v) is 10.1. The predicted octanol–water partition coefficient (Wildman–Crippen LogP) is 6.29. The number of hydrogen-bond acceptors (Lipinski definition) is 4. The second-order valence-electron chi connectivity index (χ2n) is 7.99. The largest absolute Gasteiger partial charge is 0.497 e. The van der Waals surface area contributed by atoms with E-state index in [1.165, 1.54) is 0 Å². The number of likely N-dealkylation sites (N-methyl/N-ethyl adjacent to an activating group) is 1. The lowest BCUT2D eigenvalue weighted by Gasteiger charge is -2.46. The van der Waals surface area contributed by atoms with Crippen LogP contribution in [0.1, 0.15) is 19.4 Å². The summed E-state index contributed by atoms with van der Waals surface area (Å²) in [6.07, 6.45) is 0. The van der Waals surface area contributed by atoms with Crippen molar-refractivity contribution in [2.24, 2.45) is 4.99 Å². The van der Waals surface area contributed by atoms with Gasteiger partial charge in [0.15, 0.2) is 5.17 Å². The molecule has 0 bridgehead atoms. The standard InChI is InChI=1S/C23H20Cl2N2O2/c1-22(2)17-11-14(24)7-9-18(17)27(3)23(22)21(25)26-20-16-12-15(28-4)8-5-13(16)6-10-19(20)29-23/h5-12H,1-4H3. The summed E-state index contributed by atoms with van der Waals surface area (Å²) in [5, 5.41) is 3.06. The van der Waals surface area contributed by atoms with E-state index in [9.17, 15) is 0 Å². The summed E-state index contributed by atoms with van der Waals surface area (Å²) >= 11 is 13.2. The number of aliphatic imine (C=N–C) groups is 1. The van der Waals surface area contributed by atoms with E-state index in [1.807, 2.05) is 55.6 Å². The molecule has 6 heteroatoms. The number of anilines is 1. The minimum Gasteiger partial charge on any atom is -0.497 e. The van der Waals surface area contributed by atoms with E-state index in [4.69, 9.17) is 37.7 Å². The molecule has 0 saturated carbocycles. The van der Waals surface area contributed by atoms with Crippen molar-refractivity contribution in [2.45, 2.75) is 25.0 Å². The van der Waals surface area contributed by atoms with E-state index >= 15 is 0 Å².